The first-order valence-corrected chi connectivity index (χ1v) is 9.48. The lowest BCUT2D eigenvalue weighted by molar-refractivity contribution is -0.124. The second-order valence-corrected chi connectivity index (χ2v) is 6.97. The molecule has 8 heteroatoms. The van der Waals surface area contributed by atoms with Gasteiger partial charge in [0.05, 0.1) is 11.6 Å². The molecule has 2 aromatic heterocycles. The van der Waals surface area contributed by atoms with Crippen LogP contribution in [0.15, 0.2) is 36.4 Å². The van der Waals surface area contributed by atoms with E-state index < -0.39 is 0 Å². The van der Waals surface area contributed by atoms with Crippen molar-refractivity contribution in [1.82, 2.24) is 25.1 Å². The normalized spacial score (nSPS) is 14.6. The van der Waals surface area contributed by atoms with Gasteiger partial charge in [0.25, 0.3) is 0 Å². The van der Waals surface area contributed by atoms with Gasteiger partial charge in [-0.25, -0.2) is 0 Å². The van der Waals surface area contributed by atoms with Gasteiger partial charge in [-0.3, -0.25) is 4.79 Å². The Labute approximate surface area is 161 Å². The summed E-state index contributed by atoms with van der Waals surface area (Å²) in [5.41, 5.74) is 1.35. The number of carbonyl (C=O) groups is 1. The summed E-state index contributed by atoms with van der Waals surface area (Å²) in [5, 5.41) is 16.3. The topological polar surface area (TPSA) is 81.4 Å². The Hall–Kier alpha value is -2.67. The van der Waals surface area contributed by atoms with Crippen molar-refractivity contribution >= 4 is 23.2 Å². The van der Waals surface area contributed by atoms with Crippen LogP contribution in [0.3, 0.4) is 0 Å². The van der Waals surface area contributed by atoms with Crippen LogP contribution in [0.5, 0.6) is 5.88 Å². The summed E-state index contributed by atoms with van der Waals surface area (Å²) in [6.07, 6.45) is 4.27. The number of nitrogens with zero attached hydrogens (tertiary/aromatic N) is 4. The minimum atomic E-state index is 0.124. The maximum atomic E-state index is 12.0. The lowest BCUT2D eigenvalue weighted by Gasteiger charge is -2.11. The van der Waals surface area contributed by atoms with E-state index in [2.05, 4.69) is 20.6 Å². The number of halogens is 1. The summed E-state index contributed by atoms with van der Waals surface area (Å²) in [6.45, 7) is 0.801. The zero-order valence-electron chi connectivity index (χ0n) is 14.8. The van der Waals surface area contributed by atoms with Gasteiger partial charge in [0.1, 0.15) is 6.61 Å². The van der Waals surface area contributed by atoms with Crippen molar-refractivity contribution in [2.45, 2.75) is 25.7 Å². The summed E-state index contributed by atoms with van der Waals surface area (Å²) < 4.78 is 7.29. The first-order valence-electron chi connectivity index (χ1n) is 9.10. The Morgan fingerprint density at radius 2 is 2.00 bits per heavy atom. The van der Waals surface area contributed by atoms with Crippen LogP contribution in [0.1, 0.15) is 25.7 Å². The van der Waals surface area contributed by atoms with Crippen LogP contribution < -0.4 is 10.1 Å². The molecule has 0 radical (unpaired) electrons. The molecule has 0 atom stereocenters. The fourth-order valence-electron chi connectivity index (χ4n) is 3.32. The highest BCUT2D eigenvalue weighted by Crippen LogP contribution is 2.26. The molecular formula is C19H20ClN5O2. The van der Waals surface area contributed by atoms with Crippen LogP contribution in [0, 0.1) is 5.92 Å². The first-order chi connectivity index (χ1) is 13.2. The van der Waals surface area contributed by atoms with Crippen molar-refractivity contribution in [3.8, 4) is 17.3 Å². The summed E-state index contributed by atoms with van der Waals surface area (Å²) >= 11 is 6.26. The molecule has 3 aromatic rings. The molecule has 1 aromatic carbocycles. The molecule has 27 heavy (non-hydrogen) atoms. The lowest BCUT2D eigenvalue weighted by Crippen LogP contribution is -2.32. The van der Waals surface area contributed by atoms with Crippen molar-refractivity contribution in [3.05, 3.63) is 41.4 Å². The van der Waals surface area contributed by atoms with Crippen LogP contribution in [-0.4, -0.2) is 38.9 Å². The molecule has 4 rings (SSSR count). The highest BCUT2D eigenvalue weighted by molar-refractivity contribution is 6.33. The van der Waals surface area contributed by atoms with Gasteiger partial charge in [0.2, 0.25) is 11.8 Å². The van der Waals surface area contributed by atoms with E-state index in [0.29, 0.717) is 35.5 Å². The molecule has 1 saturated carbocycles. The second-order valence-electron chi connectivity index (χ2n) is 6.57. The van der Waals surface area contributed by atoms with E-state index in [9.17, 15) is 4.79 Å². The molecule has 0 aliphatic heterocycles. The van der Waals surface area contributed by atoms with Gasteiger partial charge in [0, 0.05) is 17.5 Å². The van der Waals surface area contributed by atoms with Crippen molar-refractivity contribution in [2.24, 2.45) is 5.92 Å². The number of hydrogen-bond acceptors (Lipinski definition) is 5. The molecule has 140 valence electrons. The average Bonchev–Trinajstić information content (AvgIpc) is 3.35. The minimum Gasteiger partial charge on any atom is -0.475 e. The molecule has 7 nitrogen and oxygen atoms in total. The van der Waals surface area contributed by atoms with Crippen LogP contribution in [0.2, 0.25) is 5.02 Å². The van der Waals surface area contributed by atoms with E-state index in [4.69, 9.17) is 16.3 Å². The summed E-state index contributed by atoms with van der Waals surface area (Å²) in [5.74, 6) is 1.27. The van der Waals surface area contributed by atoms with Gasteiger partial charge in [-0.15, -0.1) is 15.3 Å². The zero-order chi connectivity index (χ0) is 18.6. The third kappa shape index (κ3) is 3.88. The van der Waals surface area contributed by atoms with Crippen LogP contribution in [-0.2, 0) is 4.79 Å². The van der Waals surface area contributed by atoms with Crippen molar-refractivity contribution in [1.29, 1.82) is 0 Å². The molecule has 0 bridgehead atoms. The van der Waals surface area contributed by atoms with Crippen LogP contribution in [0.25, 0.3) is 17.0 Å². The SMILES string of the molecule is O=C(NCCOc1ccc2nnc(-c3ccccc3Cl)n2n1)C1CCCC1. The van der Waals surface area contributed by atoms with Crippen LogP contribution >= 0.6 is 11.6 Å². The number of aromatic nitrogens is 4. The number of ether oxygens (including phenoxy) is 1. The molecule has 1 fully saturated rings. The molecule has 1 aliphatic rings. The standard InChI is InChI=1S/C19H20ClN5O2/c20-15-8-4-3-7-14(15)18-23-22-16-9-10-17(24-25(16)18)27-12-11-21-19(26)13-5-1-2-6-13/h3-4,7-10,13H,1-2,5-6,11-12H2,(H,21,26). The Morgan fingerprint density at radius 3 is 2.81 bits per heavy atom. The van der Waals surface area contributed by atoms with Crippen LogP contribution in [0.4, 0.5) is 0 Å². The van der Waals surface area contributed by atoms with Gasteiger partial charge in [0.15, 0.2) is 11.5 Å². The Bertz CT molecular complexity index is 952. The molecule has 2 heterocycles. The summed E-state index contributed by atoms with van der Waals surface area (Å²) in [6, 6.07) is 10.9. The van der Waals surface area contributed by atoms with E-state index in [1.165, 1.54) is 0 Å². The summed E-state index contributed by atoms with van der Waals surface area (Å²) in [7, 11) is 0. The molecular weight excluding hydrogens is 366 g/mol. The van der Waals surface area contributed by atoms with E-state index in [0.717, 1.165) is 31.2 Å². The summed E-state index contributed by atoms with van der Waals surface area (Å²) in [4.78, 5) is 12.0. The van der Waals surface area contributed by atoms with E-state index in [-0.39, 0.29) is 11.8 Å². The van der Waals surface area contributed by atoms with Gasteiger partial charge >= 0.3 is 0 Å². The number of rotatable bonds is 6. The van der Waals surface area contributed by atoms with Crippen molar-refractivity contribution in [3.63, 3.8) is 0 Å². The molecule has 0 saturated heterocycles. The van der Waals surface area contributed by atoms with Gasteiger partial charge < -0.3 is 10.1 Å². The Morgan fingerprint density at radius 1 is 1.19 bits per heavy atom. The molecule has 1 aliphatic carbocycles. The number of amides is 1. The van der Waals surface area contributed by atoms with E-state index in [1.807, 2.05) is 18.2 Å². The monoisotopic (exact) mass is 385 g/mol. The molecule has 1 N–H and O–H groups in total. The predicted molar refractivity (Wildman–Crippen MR) is 102 cm³/mol. The fourth-order valence-corrected chi connectivity index (χ4v) is 3.54. The van der Waals surface area contributed by atoms with Crippen molar-refractivity contribution < 1.29 is 9.53 Å². The maximum absolute atomic E-state index is 12.0. The maximum Gasteiger partial charge on any atom is 0.231 e. The highest BCUT2D eigenvalue weighted by atomic mass is 35.5. The number of carbonyl (C=O) groups excluding carboxylic acids is 1. The highest BCUT2D eigenvalue weighted by Gasteiger charge is 2.22. The fraction of sp³-hybridized carbons (Fsp3) is 0.368. The largest absolute Gasteiger partial charge is 0.475 e. The second kappa shape index (κ2) is 7.92. The van der Waals surface area contributed by atoms with Crippen molar-refractivity contribution in [2.75, 3.05) is 13.2 Å². The Balaban J connectivity index is 1.42. The van der Waals surface area contributed by atoms with Gasteiger partial charge in [-0.05, 0) is 31.0 Å². The molecule has 0 spiro atoms. The molecule has 0 unspecified atom stereocenters. The smallest absolute Gasteiger partial charge is 0.231 e. The quantitative estimate of drug-likeness (QED) is 0.659. The minimum absolute atomic E-state index is 0.124. The lowest BCUT2D eigenvalue weighted by atomic mass is 10.1. The number of fused-ring (bicyclic) bond motifs is 1. The number of benzene rings is 1. The third-order valence-corrected chi connectivity index (χ3v) is 5.06. The average molecular weight is 386 g/mol. The Kier molecular flexibility index (Phi) is 5.20. The van der Waals surface area contributed by atoms with E-state index in [1.54, 1.807) is 22.7 Å². The first kappa shape index (κ1) is 17.7. The molecule has 1 amide bonds. The number of nitrogens with one attached hydrogen (secondary N) is 1. The van der Waals surface area contributed by atoms with E-state index >= 15 is 0 Å². The van der Waals surface area contributed by atoms with Gasteiger partial charge in [-0.2, -0.15) is 4.52 Å². The predicted octanol–water partition coefficient (Wildman–Crippen LogP) is 3.13. The zero-order valence-corrected chi connectivity index (χ0v) is 15.5. The third-order valence-electron chi connectivity index (χ3n) is 4.73. The van der Waals surface area contributed by atoms with Gasteiger partial charge in [-0.1, -0.05) is 36.6 Å². The number of hydrogen-bond donors (Lipinski definition) is 1.